The standard InChI is InChI=1S/C16H23N3S/c1-3-8-17-13-14-6-9-18-16(12-14)19(2)10-7-15-5-4-11-20-15/h4-6,9,11-12,17H,3,7-8,10,13H2,1-2H3. The Hall–Kier alpha value is -1.39. The molecule has 0 bridgehead atoms. The largest absolute Gasteiger partial charge is 0.359 e. The molecule has 20 heavy (non-hydrogen) atoms. The fourth-order valence-electron chi connectivity index (χ4n) is 2.04. The molecule has 0 amide bonds. The van der Waals surface area contributed by atoms with E-state index in [2.05, 4.69) is 58.8 Å². The van der Waals surface area contributed by atoms with Gasteiger partial charge in [-0.25, -0.2) is 4.98 Å². The van der Waals surface area contributed by atoms with Crippen LogP contribution in [0.5, 0.6) is 0 Å². The lowest BCUT2D eigenvalue weighted by molar-refractivity contribution is 0.674. The zero-order chi connectivity index (χ0) is 14.2. The third kappa shape index (κ3) is 4.62. The average Bonchev–Trinajstić information content (AvgIpc) is 2.99. The van der Waals surface area contributed by atoms with Crippen molar-refractivity contribution < 1.29 is 0 Å². The van der Waals surface area contributed by atoms with Crippen molar-refractivity contribution in [3.8, 4) is 0 Å². The van der Waals surface area contributed by atoms with Crippen molar-refractivity contribution in [1.29, 1.82) is 0 Å². The molecule has 0 aliphatic heterocycles. The van der Waals surface area contributed by atoms with Crippen LogP contribution in [0.1, 0.15) is 23.8 Å². The molecule has 0 aromatic carbocycles. The lowest BCUT2D eigenvalue weighted by Crippen LogP contribution is -2.21. The quantitative estimate of drug-likeness (QED) is 0.756. The number of pyridine rings is 1. The predicted octanol–water partition coefficient (Wildman–Crippen LogP) is 3.32. The van der Waals surface area contributed by atoms with Crippen molar-refractivity contribution in [2.24, 2.45) is 0 Å². The summed E-state index contributed by atoms with van der Waals surface area (Å²) in [4.78, 5) is 8.12. The Morgan fingerprint density at radius 2 is 2.25 bits per heavy atom. The number of aromatic nitrogens is 1. The van der Waals surface area contributed by atoms with Crippen molar-refractivity contribution in [3.05, 3.63) is 46.3 Å². The van der Waals surface area contributed by atoms with Gasteiger partial charge >= 0.3 is 0 Å². The molecule has 0 fully saturated rings. The molecule has 2 aromatic rings. The molecule has 0 atom stereocenters. The summed E-state index contributed by atoms with van der Waals surface area (Å²) >= 11 is 1.82. The zero-order valence-electron chi connectivity index (χ0n) is 12.3. The lowest BCUT2D eigenvalue weighted by Gasteiger charge is -2.18. The van der Waals surface area contributed by atoms with Gasteiger partial charge in [-0.05, 0) is 48.5 Å². The van der Waals surface area contributed by atoms with Gasteiger partial charge in [0.25, 0.3) is 0 Å². The van der Waals surface area contributed by atoms with Gasteiger partial charge in [0, 0.05) is 31.2 Å². The molecule has 0 radical (unpaired) electrons. The van der Waals surface area contributed by atoms with Crippen LogP contribution in [0.2, 0.25) is 0 Å². The third-order valence-corrected chi connectivity index (χ3v) is 4.17. The summed E-state index contributed by atoms with van der Waals surface area (Å²) in [6, 6.07) is 8.56. The van der Waals surface area contributed by atoms with Gasteiger partial charge in [-0.15, -0.1) is 11.3 Å². The van der Waals surface area contributed by atoms with Crippen LogP contribution in [0.15, 0.2) is 35.8 Å². The highest BCUT2D eigenvalue weighted by Crippen LogP contribution is 2.14. The first-order valence-electron chi connectivity index (χ1n) is 7.18. The molecule has 2 heterocycles. The van der Waals surface area contributed by atoms with E-state index in [1.165, 1.54) is 16.9 Å². The maximum absolute atomic E-state index is 4.47. The first kappa shape index (κ1) is 15.0. The van der Waals surface area contributed by atoms with E-state index in [-0.39, 0.29) is 0 Å². The van der Waals surface area contributed by atoms with E-state index in [0.29, 0.717) is 0 Å². The Labute approximate surface area is 125 Å². The first-order chi connectivity index (χ1) is 9.79. The van der Waals surface area contributed by atoms with Crippen molar-refractivity contribution in [2.45, 2.75) is 26.3 Å². The molecule has 2 aromatic heterocycles. The van der Waals surface area contributed by atoms with Crippen molar-refractivity contribution in [1.82, 2.24) is 10.3 Å². The normalized spacial score (nSPS) is 10.7. The van der Waals surface area contributed by atoms with Crippen LogP contribution in [-0.4, -0.2) is 25.1 Å². The van der Waals surface area contributed by atoms with E-state index in [0.717, 1.165) is 31.9 Å². The summed E-state index contributed by atoms with van der Waals surface area (Å²) < 4.78 is 0. The second-order valence-corrected chi connectivity index (χ2v) is 5.98. The number of nitrogens with zero attached hydrogens (tertiary/aromatic N) is 2. The van der Waals surface area contributed by atoms with E-state index in [1.54, 1.807) is 0 Å². The molecule has 0 saturated carbocycles. The van der Waals surface area contributed by atoms with Gasteiger partial charge in [0.1, 0.15) is 5.82 Å². The predicted molar refractivity (Wildman–Crippen MR) is 87.5 cm³/mol. The fourth-order valence-corrected chi connectivity index (χ4v) is 2.73. The number of rotatable bonds is 8. The molecule has 4 heteroatoms. The van der Waals surface area contributed by atoms with Crippen LogP contribution < -0.4 is 10.2 Å². The summed E-state index contributed by atoms with van der Waals surface area (Å²) in [5.74, 6) is 1.05. The zero-order valence-corrected chi connectivity index (χ0v) is 13.1. The lowest BCUT2D eigenvalue weighted by atomic mass is 10.2. The SMILES string of the molecule is CCCNCc1ccnc(N(C)CCc2cccs2)c1. The number of likely N-dealkylation sites (N-methyl/N-ethyl adjacent to an activating group) is 1. The van der Waals surface area contributed by atoms with Crippen LogP contribution in [0.4, 0.5) is 5.82 Å². The van der Waals surface area contributed by atoms with E-state index in [4.69, 9.17) is 0 Å². The Bertz CT molecular complexity index is 496. The van der Waals surface area contributed by atoms with Crippen LogP contribution in [0.25, 0.3) is 0 Å². The van der Waals surface area contributed by atoms with Gasteiger partial charge in [-0.1, -0.05) is 13.0 Å². The van der Waals surface area contributed by atoms with E-state index < -0.39 is 0 Å². The van der Waals surface area contributed by atoms with Gasteiger partial charge in [0.15, 0.2) is 0 Å². The molecule has 0 aliphatic rings. The summed E-state index contributed by atoms with van der Waals surface area (Å²) in [5, 5.41) is 5.56. The molecule has 0 saturated heterocycles. The second kappa shape index (κ2) is 8.02. The highest BCUT2D eigenvalue weighted by Gasteiger charge is 2.04. The molecule has 1 N–H and O–H groups in total. The van der Waals surface area contributed by atoms with Gasteiger partial charge < -0.3 is 10.2 Å². The van der Waals surface area contributed by atoms with E-state index >= 15 is 0 Å². The average molecular weight is 289 g/mol. The number of hydrogen-bond donors (Lipinski definition) is 1. The Balaban J connectivity index is 1.88. The number of anilines is 1. The minimum absolute atomic E-state index is 0.919. The van der Waals surface area contributed by atoms with Gasteiger partial charge in [-0.3, -0.25) is 0 Å². The summed E-state index contributed by atoms with van der Waals surface area (Å²) in [6.45, 7) is 5.16. The second-order valence-electron chi connectivity index (χ2n) is 4.95. The highest BCUT2D eigenvalue weighted by molar-refractivity contribution is 7.09. The van der Waals surface area contributed by atoms with Crippen LogP contribution in [0, 0.1) is 0 Å². The molecule has 0 unspecified atom stereocenters. The topological polar surface area (TPSA) is 28.2 Å². The minimum atomic E-state index is 0.919. The van der Waals surface area contributed by atoms with E-state index in [1.807, 2.05) is 17.5 Å². The maximum atomic E-state index is 4.47. The Kier molecular flexibility index (Phi) is 6.02. The van der Waals surface area contributed by atoms with Crippen molar-refractivity contribution >= 4 is 17.2 Å². The number of nitrogens with one attached hydrogen (secondary N) is 1. The monoisotopic (exact) mass is 289 g/mol. The molecule has 2 rings (SSSR count). The Morgan fingerprint density at radius 1 is 1.35 bits per heavy atom. The summed E-state index contributed by atoms with van der Waals surface area (Å²) in [6.07, 6.45) is 4.15. The molecule has 0 spiro atoms. The van der Waals surface area contributed by atoms with Crippen molar-refractivity contribution in [2.75, 3.05) is 25.0 Å². The van der Waals surface area contributed by atoms with E-state index in [9.17, 15) is 0 Å². The molecular formula is C16H23N3S. The van der Waals surface area contributed by atoms with Gasteiger partial charge in [0.05, 0.1) is 0 Å². The summed E-state index contributed by atoms with van der Waals surface area (Å²) in [5.41, 5.74) is 1.30. The Morgan fingerprint density at radius 3 is 3.00 bits per heavy atom. The molecule has 3 nitrogen and oxygen atoms in total. The fraction of sp³-hybridized carbons (Fsp3) is 0.438. The van der Waals surface area contributed by atoms with Crippen LogP contribution in [0.3, 0.4) is 0 Å². The smallest absolute Gasteiger partial charge is 0.128 e. The highest BCUT2D eigenvalue weighted by atomic mass is 32.1. The van der Waals surface area contributed by atoms with Gasteiger partial charge in [-0.2, -0.15) is 0 Å². The number of thiophene rings is 1. The number of hydrogen-bond acceptors (Lipinski definition) is 4. The van der Waals surface area contributed by atoms with Gasteiger partial charge in [0.2, 0.25) is 0 Å². The molecular weight excluding hydrogens is 266 g/mol. The third-order valence-electron chi connectivity index (χ3n) is 3.23. The van der Waals surface area contributed by atoms with Crippen LogP contribution >= 0.6 is 11.3 Å². The minimum Gasteiger partial charge on any atom is -0.359 e. The van der Waals surface area contributed by atoms with Crippen molar-refractivity contribution in [3.63, 3.8) is 0 Å². The molecule has 0 aliphatic carbocycles. The summed E-state index contributed by atoms with van der Waals surface area (Å²) in [7, 11) is 2.11. The maximum Gasteiger partial charge on any atom is 0.128 e. The first-order valence-corrected chi connectivity index (χ1v) is 8.06. The molecule has 108 valence electrons. The van der Waals surface area contributed by atoms with Crippen LogP contribution in [-0.2, 0) is 13.0 Å².